The zero-order valence-corrected chi connectivity index (χ0v) is 16.3. The van der Waals surface area contributed by atoms with Crippen LogP contribution in [0.3, 0.4) is 0 Å². The minimum atomic E-state index is -0.596. The van der Waals surface area contributed by atoms with Crippen LogP contribution in [-0.4, -0.2) is 23.2 Å². The number of halogens is 2. The summed E-state index contributed by atoms with van der Waals surface area (Å²) in [5.41, 5.74) is 3.06. The summed E-state index contributed by atoms with van der Waals surface area (Å²) >= 11 is 11.8. The van der Waals surface area contributed by atoms with E-state index in [-0.39, 0.29) is 17.1 Å². The summed E-state index contributed by atoms with van der Waals surface area (Å²) in [6.45, 7) is 0. The highest BCUT2D eigenvalue weighted by molar-refractivity contribution is 6.31. The van der Waals surface area contributed by atoms with Gasteiger partial charge in [0, 0.05) is 15.6 Å². The molecule has 0 saturated carbocycles. The first kappa shape index (κ1) is 20.4. The number of hydrazone groups is 1. The van der Waals surface area contributed by atoms with E-state index in [1.807, 2.05) is 0 Å². The van der Waals surface area contributed by atoms with E-state index in [9.17, 15) is 14.7 Å². The highest BCUT2D eigenvalue weighted by atomic mass is 35.5. The molecule has 29 heavy (non-hydrogen) atoms. The van der Waals surface area contributed by atoms with Gasteiger partial charge in [-0.3, -0.25) is 4.79 Å². The van der Waals surface area contributed by atoms with Gasteiger partial charge in [-0.15, -0.1) is 0 Å². The fraction of sp³-hybridized carbons (Fsp3) is 0. The van der Waals surface area contributed by atoms with Crippen molar-refractivity contribution < 1.29 is 19.4 Å². The van der Waals surface area contributed by atoms with Crippen molar-refractivity contribution in [1.82, 2.24) is 5.43 Å². The minimum absolute atomic E-state index is 0.0742. The standard InChI is InChI=1S/C21H14Cl2N2O4/c22-15-7-5-13(6-8-15)21(28)29-19-10-9-16(23)11-14(19)12-24-25-20(27)17-3-1-2-4-18(17)26/h1-12,26H,(H,25,27)/b24-12+. The molecule has 0 aromatic heterocycles. The number of hydrogen-bond donors (Lipinski definition) is 2. The molecule has 0 aliphatic rings. The van der Waals surface area contributed by atoms with Crippen molar-refractivity contribution in [3.05, 3.63) is 93.5 Å². The number of benzene rings is 3. The first-order valence-electron chi connectivity index (χ1n) is 8.33. The number of carbonyl (C=O) groups excluding carboxylic acids is 2. The quantitative estimate of drug-likeness (QED) is 0.267. The molecule has 0 saturated heterocycles. The topological polar surface area (TPSA) is 88.0 Å². The number of hydrogen-bond acceptors (Lipinski definition) is 5. The zero-order valence-electron chi connectivity index (χ0n) is 14.8. The number of phenolic OH excluding ortho intramolecular Hbond substituents is 1. The Balaban J connectivity index is 1.75. The highest BCUT2D eigenvalue weighted by Crippen LogP contribution is 2.23. The second-order valence-corrected chi connectivity index (χ2v) is 6.67. The van der Waals surface area contributed by atoms with Crippen LogP contribution in [-0.2, 0) is 0 Å². The van der Waals surface area contributed by atoms with E-state index < -0.39 is 11.9 Å². The Hall–Kier alpha value is -3.35. The van der Waals surface area contributed by atoms with Crippen molar-refractivity contribution >= 4 is 41.3 Å². The molecular weight excluding hydrogens is 415 g/mol. The van der Waals surface area contributed by atoms with Gasteiger partial charge in [0.25, 0.3) is 5.91 Å². The molecule has 0 spiro atoms. The third-order valence-electron chi connectivity index (χ3n) is 3.77. The van der Waals surface area contributed by atoms with Crippen molar-refractivity contribution in [2.75, 3.05) is 0 Å². The Morgan fingerprint density at radius 3 is 2.38 bits per heavy atom. The molecule has 0 aliphatic heterocycles. The molecular formula is C21H14Cl2N2O4. The Kier molecular flexibility index (Phi) is 6.49. The normalized spacial score (nSPS) is 10.7. The van der Waals surface area contributed by atoms with E-state index in [2.05, 4.69) is 10.5 Å². The summed E-state index contributed by atoms with van der Waals surface area (Å²) in [6, 6.07) is 16.9. The maximum Gasteiger partial charge on any atom is 0.343 e. The molecule has 0 aliphatic carbocycles. The van der Waals surface area contributed by atoms with Crippen LogP contribution >= 0.6 is 23.2 Å². The fourth-order valence-electron chi connectivity index (χ4n) is 2.34. The van der Waals surface area contributed by atoms with Crippen LogP contribution in [0.2, 0.25) is 10.0 Å². The van der Waals surface area contributed by atoms with Crippen LogP contribution in [0.1, 0.15) is 26.3 Å². The molecule has 0 atom stereocenters. The van der Waals surface area contributed by atoms with Crippen LogP contribution in [0.25, 0.3) is 0 Å². The molecule has 3 aromatic carbocycles. The third-order valence-corrected chi connectivity index (χ3v) is 4.26. The van der Waals surface area contributed by atoms with E-state index >= 15 is 0 Å². The van der Waals surface area contributed by atoms with Gasteiger partial charge in [0.2, 0.25) is 0 Å². The number of ether oxygens (including phenoxy) is 1. The van der Waals surface area contributed by atoms with Gasteiger partial charge in [0.1, 0.15) is 11.5 Å². The average Bonchev–Trinajstić information content (AvgIpc) is 2.70. The van der Waals surface area contributed by atoms with Crippen LogP contribution < -0.4 is 10.2 Å². The second-order valence-electron chi connectivity index (χ2n) is 5.79. The van der Waals surface area contributed by atoms with E-state index in [0.717, 1.165) is 0 Å². The number of para-hydroxylation sites is 1. The van der Waals surface area contributed by atoms with E-state index in [1.165, 1.54) is 30.5 Å². The van der Waals surface area contributed by atoms with Crippen LogP contribution in [0.4, 0.5) is 0 Å². The van der Waals surface area contributed by atoms with E-state index in [1.54, 1.807) is 42.5 Å². The summed E-state index contributed by atoms with van der Waals surface area (Å²) in [4.78, 5) is 24.4. The molecule has 0 unspecified atom stereocenters. The molecule has 0 fully saturated rings. The summed E-state index contributed by atoms with van der Waals surface area (Å²) in [6.07, 6.45) is 1.29. The number of carbonyl (C=O) groups is 2. The summed E-state index contributed by atoms with van der Waals surface area (Å²) in [5, 5.41) is 14.5. The molecule has 6 nitrogen and oxygen atoms in total. The molecule has 1 amide bonds. The number of amides is 1. The molecule has 3 aromatic rings. The predicted molar refractivity (Wildman–Crippen MR) is 111 cm³/mol. The third kappa shape index (κ3) is 5.34. The summed E-state index contributed by atoms with van der Waals surface area (Å²) < 4.78 is 5.40. The van der Waals surface area contributed by atoms with Crippen molar-refractivity contribution in [1.29, 1.82) is 0 Å². The summed E-state index contributed by atoms with van der Waals surface area (Å²) in [5.74, 6) is -1.14. The average molecular weight is 429 g/mol. The lowest BCUT2D eigenvalue weighted by Gasteiger charge is -2.08. The molecule has 0 heterocycles. The smallest absolute Gasteiger partial charge is 0.343 e. The molecule has 8 heteroatoms. The molecule has 0 radical (unpaired) electrons. The number of esters is 1. The second kappa shape index (κ2) is 9.23. The Morgan fingerprint density at radius 1 is 0.966 bits per heavy atom. The highest BCUT2D eigenvalue weighted by Gasteiger charge is 2.12. The molecule has 0 bridgehead atoms. The van der Waals surface area contributed by atoms with Gasteiger partial charge in [0.15, 0.2) is 0 Å². The Morgan fingerprint density at radius 2 is 1.66 bits per heavy atom. The Labute approximate surface area is 176 Å². The van der Waals surface area contributed by atoms with Crippen molar-refractivity contribution in [2.45, 2.75) is 0 Å². The van der Waals surface area contributed by atoms with Crippen molar-refractivity contribution in [2.24, 2.45) is 5.10 Å². The first-order valence-corrected chi connectivity index (χ1v) is 9.08. The van der Waals surface area contributed by atoms with Gasteiger partial charge >= 0.3 is 5.97 Å². The number of phenols is 1. The van der Waals surface area contributed by atoms with Crippen LogP contribution in [0.15, 0.2) is 71.8 Å². The maximum absolute atomic E-state index is 12.3. The van der Waals surface area contributed by atoms with Crippen LogP contribution in [0, 0.1) is 0 Å². The van der Waals surface area contributed by atoms with Gasteiger partial charge in [-0.25, -0.2) is 10.2 Å². The van der Waals surface area contributed by atoms with Gasteiger partial charge in [0.05, 0.1) is 17.3 Å². The van der Waals surface area contributed by atoms with Gasteiger partial charge in [-0.1, -0.05) is 35.3 Å². The number of rotatable bonds is 5. The predicted octanol–water partition coefficient (Wildman–Crippen LogP) is 4.68. The molecule has 3 rings (SSSR count). The van der Waals surface area contributed by atoms with Crippen molar-refractivity contribution in [3.63, 3.8) is 0 Å². The molecule has 146 valence electrons. The lowest BCUT2D eigenvalue weighted by atomic mass is 10.2. The summed E-state index contributed by atoms with van der Waals surface area (Å²) in [7, 11) is 0. The number of nitrogens with one attached hydrogen (secondary N) is 1. The number of aromatic hydroxyl groups is 1. The Bertz CT molecular complexity index is 1080. The van der Waals surface area contributed by atoms with E-state index in [0.29, 0.717) is 21.2 Å². The zero-order chi connectivity index (χ0) is 20.8. The lowest BCUT2D eigenvalue weighted by molar-refractivity contribution is 0.0734. The van der Waals surface area contributed by atoms with E-state index in [4.69, 9.17) is 27.9 Å². The van der Waals surface area contributed by atoms with Gasteiger partial charge < -0.3 is 9.84 Å². The van der Waals surface area contributed by atoms with Gasteiger partial charge in [-0.2, -0.15) is 5.10 Å². The number of nitrogens with zero attached hydrogens (tertiary/aromatic N) is 1. The monoisotopic (exact) mass is 428 g/mol. The van der Waals surface area contributed by atoms with Gasteiger partial charge in [-0.05, 0) is 54.6 Å². The first-order chi connectivity index (χ1) is 13.9. The lowest BCUT2D eigenvalue weighted by Crippen LogP contribution is -2.17. The SMILES string of the molecule is O=C(Oc1ccc(Cl)cc1/C=N/NC(=O)c1ccccc1O)c1ccc(Cl)cc1. The largest absolute Gasteiger partial charge is 0.507 e. The minimum Gasteiger partial charge on any atom is -0.507 e. The maximum atomic E-state index is 12.3. The van der Waals surface area contributed by atoms with Crippen LogP contribution in [0.5, 0.6) is 11.5 Å². The fourth-order valence-corrected chi connectivity index (χ4v) is 2.65. The van der Waals surface area contributed by atoms with Crippen molar-refractivity contribution in [3.8, 4) is 11.5 Å². The molecule has 2 N–H and O–H groups in total.